The largest absolute Gasteiger partial charge is 0.282 e. The summed E-state index contributed by atoms with van der Waals surface area (Å²) < 4.78 is 0. The van der Waals surface area contributed by atoms with Gasteiger partial charge in [0.05, 0.1) is 5.69 Å². The predicted octanol–water partition coefficient (Wildman–Crippen LogP) is 2.21. The number of nitrogens with one attached hydrogen (secondary N) is 1. The maximum absolute atomic E-state index is 12.2. The third kappa shape index (κ3) is 2.15. The number of anilines is 1. The summed E-state index contributed by atoms with van der Waals surface area (Å²) in [5.41, 5.74) is 4.22. The summed E-state index contributed by atoms with van der Waals surface area (Å²) >= 11 is 1.52. The average Bonchev–Trinajstić information content (AvgIpc) is 3.03. The molecule has 2 amide bonds. The number of amides is 2. The molecule has 1 aliphatic heterocycles. The van der Waals surface area contributed by atoms with Crippen LogP contribution >= 0.6 is 11.3 Å². The highest BCUT2D eigenvalue weighted by molar-refractivity contribution is 7.08. The van der Waals surface area contributed by atoms with E-state index in [1.54, 1.807) is 18.2 Å². The molecule has 0 unspecified atom stereocenters. The molecule has 1 N–H and O–H groups in total. The summed E-state index contributed by atoms with van der Waals surface area (Å²) in [6, 6.07) is 10.9. The summed E-state index contributed by atoms with van der Waals surface area (Å²) in [7, 11) is 0. The van der Waals surface area contributed by atoms with Gasteiger partial charge in [-0.3, -0.25) is 15.0 Å². The van der Waals surface area contributed by atoms with E-state index in [4.69, 9.17) is 0 Å². The molecule has 5 heteroatoms. The number of hydrogen-bond acceptors (Lipinski definition) is 3. The molecule has 1 aromatic carbocycles. The number of benzene rings is 1. The normalized spacial score (nSPS) is 17.1. The van der Waals surface area contributed by atoms with Gasteiger partial charge in [0.1, 0.15) is 5.57 Å². The third-order valence-corrected chi connectivity index (χ3v) is 3.46. The van der Waals surface area contributed by atoms with Gasteiger partial charge in [-0.15, -0.1) is 0 Å². The highest BCUT2D eigenvalue weighted by Gasteiger charge is 2.34. The summed E-state index contributed by atoms with van der Waals surface area (Å²) in [4.78, 5) is 24.1. The van der Waals surface area contributed by atoms with E-state index in [1.807, 2.05) is 35.0 Å². The van der Waals surface area contributed by atoms with Gasteiger partial charge in [0.2, 0.25) is 0 Å². The number of nitrogens with zero attached hydrogens (tertiary/aromatic N) is 1. The molecule has 0 aliphatic carbocycles. The molecule has 1 saturated heterocycles. The van der Waals surface area contributed by atoms with Crippen molar-refractivity contribution in [3.63, 3.8) is 0 Å². The number of para-hydroxylation sites is 1. The minimum atomic E-state index is -0.375. The van der Waals surface area contributed by atoms with Crippen LogP contribution in [-0.2, 0) is 9.59 Å². The molecule has 94 valence electrons. The van der Waals surface area contributed by atoms with Gasteiger partial charge in [-0.25, -0.2) is 5.01 Å². The van der Waals surface area contributed by atoms with Crippen molar-refractivity contribution in [2.24, 2.45) is 0 Å². The Bertz CT molecular complexity index is 647. The lowest BCUT2D eigenvalue weighted by molar-refractivity contribution is -0.117. The Hall–Kier alpha value is -2.40. The van der Waals surface area contributed by atoms with Gasteiger partial charge < -0.3 is 0 Å². The van der Waals surface area contributed by atoms with Crippen molar-refractivity contribution < 1.29 is 9.59 Å². The van der Waals surface area contributed by atoms with Crippen LogP contribution in [0.3, 0.4) is 0 Å². The van der Waals surface area contributed by atoms with Crippen LogP contribution in [0.15, 0.2) is 52.7 Å². The molecule has 0 radical (unpaired) electrons. The van der Waals surface area contributed by atoms with E-state index in [2.05, 4.69) is 5.43 Å². The van der Waals surface area contributed by atoms with Crippen molar-refractivity contribution in [1.29, 1.82) is 0 Å². The third-order valence-electron chi connectivity index (χ3n) is 2.76. The van der Waals surface area contributed by atoms with Gasteiger partial charge in [-0.05, 0) is 40.6 Å². The lowest BCUT2D eigenvalue weighted by Crippen LogP contribution is -2.35. The van der Waals surface area contributed by atoms with E-state index in [9.17, 15) is 9.59 Å². The van der Waals surface area contributed by atoms with E-state index < -0.39 is 0 Å². The zero-order chi connectivity index (χ0) is 13.2. The number of hydrogen-bond donors (Lipinski definition) is 1. The molecule has 2 heterocycles. The first-order valence-electron chi connectivity index (χ1n) is 5.70. The van der Waals surface area contributed by atoms with Crippen molar-refractivity contribution in [3.05, 3.63) is 58.3 Å². The van der Waals surface area contributed by atoms with Gasteiger partial charge in [-0.2, -0.15) is 11.3 Å². The molecule has 4 nitrogen and oxygen atoms in total. The van der Waals surface area contributed by atoms with Gasteiger partial charge in [0.25, 0.3) is 11.8 Å². The van der Waals surface area contributed by atoms with Crippen molar-refractivity contribution in [3.8, 4) is 0 Å². The summed E-state index contributed by atoms with van der Waals surface area (Å²) in [6.45, 7) is 0. The molecule has 3 rings (SSSR count). The zero-order valence-corrected chi connectivity index (χ0v) is 10.7. The second-order valence-electron chi connectivity index (χ2n) is 4.03. The fourth-order valence-electron chi connectivity index (χ4n) is 1.84. The first-order valence-corrected chi connectivity index (χ1v) is 6.64. The molecule has 0 spiro atoms. The van der Waals surface area contributed by atoms with Crippen LogP contribution in [0.5, 0.6) is 0 Å². The second kappa shape index (κ2) is 4.70. The Balaban J connectivity index is 1.94. The number of rotatable bonds is 2. The monoisotopic (exact) mass is 270 g/mol. The number of carbonyl (C=O) groups is 2. The van der Waals surface area contributed by atoms with Crippen LogP contribution in [0.4, 0.5) is 5.69 Å². The fraction of sp³-hybridized carbons (Fsp3) is 0. The molecular weight excluding hydrogens is 260 g/mol. The molecule has 1 aromatic heterocycles. The van der Waals surface area contributed by atoms with Crippen LogP contribution in [0.2, 0.25) is 0 Å². The minimum Gasteiger partial charge on any atom is -0.267 e. The van der Waals surface area contributed by atoms with Crippen molar-refractivity contribution in [2.45, 2.75) is 0 Å². The number of thiophene rings is 1. The standard InChI is InChI=1S/C14H10N2O2S/c17-13-12(8-10-6-7-19-9-10)14(18)16(15-13)11-4-2-1-3-5-11/h1-9H,(H,15,17). The minimum absolute atomic E-state index is 0.155. The smallest absolute Gasteiger partial charge is 0.267 e. The van der Waals surface area contributed by atoms with Gasteiger partial charge >= 0.3 is 0 Å². The van der Waals surface area contributed by atoms with Crippen LogP contribution in [-0.4, -0.2) is 11.8 Å². The van der Waals surface area contributed by atoms with E-state index in [-0.39, 0.29) is 17.4 Å². The van der Waals surface area contributed by atoms with Crippen molar-refractivity contribution in [2.75, 3.05) is 5.01 Å². The van der Waals surface area contributed by atoms with Crippen molar-refractivity contribution >= 4 is 34.9 Å². The molecule has 0 saturated carbocycles. The van der Waals surface area contributed by atoms with Gasteiger partial charge in [-0.1, -0.05) is 18.2 Å². The van der Waals surface area contributed by atoms with E-state index >= 15 is 0 Å². The maximum Gasteiger partial charge on any atom is 0.282 e. The molecular formula is C14H10N2O2S. The Kier molecular flexibility index (Phi) is 2.89. The number of carbonyl (C=O) groups excluding carboxylic acids is 2. The maximum atomic E-state index is 12.2. The van der Waals surface area contributed by atoms with E-state index in [1.165, 1.54) is 16.3 Å². The molecule has 1 aliphatic rings. The highest BCUT2D eigenvalue weighted by Crippen LogP contribution is 2.21. The quantitative estimate of drug-likeness (QED) is 0.672. The predicted molar refractivity (Wildman–Crippen MR) is 74.4 cm³/mol. The number of hydrazine groups is 1. The van der Waals surface area contributed by atoms with Crippen LogP contribution < -0.4 is 10.4 Å². The average molecular weight is 270 g/mol. The zero-order valence-electron chi connectivity index (χ0n) is 9.87. The molecule has 0 bridgehead atoms. The summed E-state index contributed by atoms with van der Waals surface area (Å²) in [5, 5.41) is 5.05. The van der Waals surface area contributed by atoms with Crippen molar-refractivity contribution in [1.82, 2.24) is 5.43 Å². The molecule has 0 atom stereocenters. The van der Waals surface area contributed by atoms with E-state index in [0.29, 0.717) is 5.69 Å². The molecule has 19 heavy (non-hydrogen) atoms. The molecule has 2 aromatic rings. The van der Waals surface area contributed by atoms with Gasteiger partial charge in [0, 0.05) is 0 Å². The fourth-order valence-corrected chi connectivity index (χ4v) is 2.46. The van der Waals surface area contributed by atoms with Crippen LogP contribution in [0.1, 0.15) is 5.56 Å². The highest BCUT2D eigenvalue weighted by atomic mass is 32.1. The lowest BCUT2D eigenvalue weighted by atomic mass is 10.2. The summed E-state index contributed by atoms with van der Waals surface area (Å²) in [5.74, 6) is -0.706. The topological polar surface area (TPSA) is 49.4 Å². The Morgan fingerprint density at radius 3 is 2.58 bits per heavy atom. The Morgan fingerprint density at radius 2 is 1.89 bits per heavy atom. The molecule has 1 fully saturated rings. The lowest BCUT2D eigenvalue weighted by Gasteiger charge is -2.13. The van der Waals surface area contributed by atoms with Crippen LogP contribution in [0.25, 0.3) is 6.08 Å². The van der Waals surface area contributed by atoms with Crippen LogP contribution in [0, 0.1) is 0 Å². The van der Waals surface area contributed by atoms with Gasteiger partial charge in [0.15, 0.2) is 0 Å². The SMILES string of the molecule is O=C1NN(c2ccccc2)C(=O)C1=Cc1ccsc1. The van der Waals surface area contributed by atoms with E-state index in [0.717, 1.165) is 5.56 Å². The Morgan fingerprint density at radius 1 is 1.11 bits per heavy atom. The first kappa shape index (κ1) is 11.7. The summed E-state index contributed by atoms with van der Waals surface area (Å²) in [6.07, 6.45) is 1.61. The first-order chi connectivity index (χ1) is 9.25. The second-order valence-corrected chi connectivity index (χ2v) is 4.81. The Labute approximate surface area is 113 Å².